The molecule has 0 saturated heterocycles. The molecule has 1 aromatic heterocycles. The minimum Gasteiger partial charge on any atom is -0.453 e. The fourth-order valence-electron chi connectivity index (χ4n) is 1.21. The third-order valence-corrected chi connectivity index (χ3v) is 1.85. The highest BCUT2D eigenvalue weighted by molar-refractivity contribution is 5.72. The van der Waals surface area contributed by atoms with Gasteiger partial charge in [0, 0.05) is 5.56 Å². The van der Waals surface area contributed by atoms with Crippen molar-refractivity contribution in [1.82, 2.24) is 0 Å². The Kier molecular flexibility index (Phi) is 2.14. The van der Waals surface area contributed by atoms with Gasteiger partial charge in [0.1, 0.15) is 11.6 Å². The van der Waals surface area contributed by atoms with Gasteiger partial charge in [0.25, 0.3) is 0 Å². The van der Waals surface area contributed by atoms with E-state index in [2.05, 4.69) is 0 Å². The van der Waals surface area contributed by atoms with E-state index in [4.69, 9.17) is 4.42 Å². The number of carbonyl (C=O) groups is 1. The number of halogens is 1. The number of hydrogen-bond acceptors (Lipinski definition) is 2. The molecule has 14 heavy (non-hydrogen) atoms. The molecule has 0 radical (unpaired) electrons. The summed E-state index contributed by atoms with van der Waals surface area (Å²) in [7, 11) is 0. The summed E-state index contributed by atoms with van der Waals surface area (Å²) in [5, 5.41) is 0. The minimum atomic E-state index is -0.327. The van der Waals surface area contributed by atoms with Crippen molar-refractivity contribution in [2.24, 2.45) is 0 Å². The number of carbonyl (C=O) groups excluding carboxylic acids is 1. The molecular weight excluding hydrogens is 183 g/mol. The highest BCUT2D eigenvalue weighted by Gasteiger charge is 2.04. The van der Waals surface area contributed by atoms with E-state index in [0.717, 1.165) is 0 Å². The summed E-state index contributed by atoms with van der Waals surface area (Å²) < 4.78 is 18.0. The number of benzene rings is 1. The van der Waals surface area contributed by atoms with Crippen molar-refractivity contribution < 1.29 is 13.6 Å². The van der Waals surface area contributed by atoms with Crippen LogP contribution in [0.1, 0.15) is 10.6 Å². The summed E-state index contributed by atoms with van der Waals surface area (Å²) in [6.07, 6.45) is 0.614. The van der Waals surface area contributed by atoms with Crippen LogP contribution in [0.2, 0.25) is 0 Å². The Hall–Kier alpha value is -1.90. The zero-order valence-electron chi connectivity index (χ0n) is 7.24. The summed E-state index contributed by atoms with van der Waals surface area (Å²) in [6, 6.07) is 9.20. The molecule has 1 aromatic carbocycles. The standard InChI is InChI=1S/C11H7FO2/c12-9-3-1-2-8(6-9)11-5-4-10(7-13)14-11/h1-7H. The normalized spacial score (nSPS) is 10.1. The largest absolute Gasteiger partial charge is 0.453 e. The highest BCUT2D eigenvalue weighted by atomic mass is 19.1. The molecule has 70 valence electrons. The van der Waals surface area contributed by atoms with Crippen LogP contribution in [-0.2, 0) is 0 Å². The summed E-state index contributed by atoms with van der Waals surface area (Å²) in [5.41, 5.74) is 0.623. The molecule has 1 heterocycles. The number of aldehydes is 1. The van der Waals surface area contributed by atoms with E-state index in [1.54, 1.807) is 24.3 Å². The van der Waals surface area contributed by atoms with Gasteiger partial charge in [0.2, 0.25) is 0 Å². The lowest BCUT2D eigenvalue weighted by Crippen LogP contribution is -1.76. The first-order chi connectivity index (χ1) is 6.79. The van der Waals surface area contributed by atoms with Gasteiger partial charge in [0.15, 0.2) is 12.0 Å². The van der Waals surface area contributed by atoms with Crippen LogP contribution in [0.15, 0.2) is 40.8 Å². The Morgan fingerprint density at radius 2 is 2.07 bits per heavy atom. The van der Waals surface area contributed by atoms with Gasteiger partial charge in [-0.3, -0.25) is 4.79 Å². The van der Waals surface area contributed by atoms with Crippen LogP contribution in [0.3, 0.4) is 0 Å². The Bertz CT molecular complexity index is 460. The van der Waals surface area contributed by atoms with Gasteiger partial charge in [-0.1, -0.05) is 12.1 Å². The Balaban J connectivity index is 2.43. The molecular formula is C11H7FO2. The van der Waals surface area contributed by atoms with Gasteiger partial charge in [-0.15, -0.1) is 0 Å². The van der Waals surface area contributed by atoms with E-state index in [1.807, 2.05) is 0 Å². The first-order valence-corrected chi connectivity index (χ1v) is 4.10. The summed E-state index contributed by atoms with van der Waals surface area (Å²) >= 11 is 0. The second kappa shape index (κ2) is 3.46. The van der Waals surface area contributed by atoms with Crippen LogP contribution in [0.4, 0.5) is 4.39 Å². The molecule has 0 amide bonds. The number of hydrogen-bond donors (Lipinski definition) is 0. The molecule has 0 aliphatic heterocycles. The Morgan fingerprint density at radius 3 is 2.71 bits per heavy atom. The molecule has 0 spiro atoms. The number of furan rings is 1. The second-order valence-electron chi connectivity index (χ2n) is 2.83. The molecule has 0 saturated carbocycles. The van der Waals surface area contributed by atoms with E-state index in [-0.39, 0.29) is 11.6 Å². The molecule has 2 rings (SSSR count). The fraction of sp³-hybridized carbons (Fsp3) is 0. The first kappa shape index (κ1) is 8.69. The predicted molar refractivity (Wildman–Crippen MR) is 49.5 cm³/mol. The molecule has 2 nitrogen and oxygen atoms in total. The smallest absolute Gasteiger partial charge is 0.185 e. The SMILES string of the molecule is O=Cc1ccc(-c2cccc(F)c2)o1. The first-order valence-electron chi connectivity index (χ1n) is 4.10. The van der Waals surface area contributed by atoms with Gasteiger partial charge in [-0.05, 0) is 24.3 Å². The zero-order chi connectivity index (χ0) is 9.97. The average molecular weight is 190 g/mol. The molecule has 0 bridgehead atoms. The predicted octanol–water partition coefficient (Wildman–Crippen LogP) is 2.90. The van der Waals surface area contributed by atoms with E-state index in [1.165, 1.54) is 12.1 Å². The van der Waals surface area contributed by atoms with Crippen molar-refractivity contribution >= 4 is 6.29 Å². The van der Waals surface area contributed by atoms with E-state index in [9.17, 15) is 9.18 Å². The maximum atomic E-state index is 12.8. The van der Waals surface area contributed by atoms with Crippen molar-refractivity contribution in [2.75, 3.05) is 0 Å². The van der Waals surface area contributed by atoms with Gasteiger partial charge in [-0.25, -0.2) is 4.39 Å². The van der Waals surface area contributed by atoms with Crippen molar-refractivity contribution in [2.45, 2.75) is 0 Å². The zero-order valence-corrected chi connectivity index (χ0v) is 7.24. The molecule has 2 aromatic rings. The second-order valence-corrected chi connectivity index (χ2v) is 2.83. The molecule has 0 fully saturated rings. The van der Waals surface area contributed by atoms with Gasteiger partial charge in [0.05, 0.1) is 0 Å². The Labute approximate surface area is 80.0 Å². The summed E-state index contributed by atoms with van der Waals surface area (Å²) in [6.45, 7) is 0. The van der Waals surface area contributed by atoms with Crippen LogP contribution in [0.5, 0.6) is 0 Å². The molecule has 0 aliphatic rings. The monoisotopic (exact) mass is 190 g/mol. The molecule has 3 heteroatoms. The van der Waals surface area contributed by atoms with E-state index >= 15 is 0 Å². The third kappa shape index (κ3) is 1.57. The fourth-order valence-corrected chi connectivity index (χ4v) is 1.21. The van der Waals surface area contributed by atoms with Crippen LogP contribution in [0, 0.1) is 5.82 Å². The lowest BCUT2D eigenvalue weighted by Gasteiger charge is -1.95. The van der Waals surface area contributed by atoms with Crippen LogP contribution in [0.25, 0.3) is 11.3 Å². The quantitative estimate of drug-likeness (QED) is 0.681. The maximum Gasteiger partial charge on any atom is 0.185 e. The Morgan fingerprint density at radius 1 is 1.21 bits per heavy atom. The molecule has 0 atom stereocenters. The lowest BCUT2D eigenvalue weighted by atomic mass is 10.2. The number of rotatable bonds is 2. The molecule has 0 aliphatic carbocycles. The summed E-state index contributed by atoms with van der Waals surface area (Å²) in [4.78, 5) is 10.4. The molecule has 0 N–H and O–H groups in total. The minimum absolute atomic E-state index is 0.240. The van der Waals surface area contributed by atoms with Crippen LogP contribution < -0.4 is 0 Å². The average Bonchev–Trinajstić information content (AvgIpc) is 2.66. The van der Waals surface area contributed by atoms with Crippen LogP contribution in [-0.4, -0.2) is 6.29 Å². The van der Waals surface area contributed by atoms with E-state index in [0.29, 0.717) is 17.6 Å². The van der Waals surface area contributed by atoms with E-state index < -0.39 is 0 Å². The van der Waals surface area contributed by atoms with Gasteiger partial charge in [-0.2, -0.15) is 0 Å². The van der Waals surface area contributed by atoms with Gasteiger partial charge < -0.3 is 4.42 Å². The summed E-state index contributed by atoms with van der Waals surface area (Å²) in [5.74, 6) is 0.405. The highest BCUT2D eigenvalue weighted by Crippen LogP contribution is 2.21. The van der Waals surface area contributed by atoms with Crippen LogP contribution >= 0.6 is 0 Å². The van der Waals surface area contributed by atoms with Crippen molar-refractivity contribution in [3.8, 4) is 11.3 Å². The van der Waals surface area contributed by atoms with Crippen molar-refractivity contribution in [1.29, 1.82) is 0 Å². The lowest BCUT2D eigenvalue weighted by molar-refractivity contribution is 0.110. The maximum absolute atomic E-state index is 12.8. The molecule has 0 unspecified atom stereocenters. The van der Waals surface area contributed by atoms with Crippen molar-refractivity contribution in [3.63, 3.8) is 0 Å². The van der Waals surface area contributed by atoms with Crippen molar-refractivity contribution in [3.05, 3.63) is 48.0 Å². The topological polar surface area (TPSA) is 30.2 Å². The third-order valence-electron chi connectivity index (χ3n) is 1.85. The van der Waals surface area contributed by atoms with Gasteiger partial charge >= 0.3 is 0 Å².